The summed E-state index contributed by atoms with van der Waals surface area (Å²) in [4.78, 5) is 3.96. The van der Waals surface area contributed by atoms with Crippen molar-refractivity contribution in [2.45, 2.75) is 6.54 Å². The van der Waals surface area contributed by atoms with Crippen molar-refractivity contribution in [1.82, 2.24) is 14.8 Å². The minimum atomic E-state index is 0.608. The lowest BCUT2D eigenvalue weighted by atomic mass is 10.2. The highest BCUT2D eigenvalue weighted by molar-refractivity contribution is 9.10. The molecule has 6 heteroatoms. The molecule has 0 aliphatic heterocycles. The van der Waals surface area contributed by atoms with Crippen molar-refractivity contribution in [3.8, 4) is 5.69 Å². The Hall–Kier alpha value is -2.08. The van der Waals surface area contributed by atoms with Crippen LogP contribution in [0.4, 0.5) is 5.69 Å². The van der Waals surface area contributed by atoms with E-state index in [1.807, 2.05) is 36.4 Å². The molecule has 0 aliphatic rings. The van der Waals surface area contributed by atoms with Gasteiger partial charge in [0.15, 0.2) is 4.67 Å². The summed E-state index contributed by atoms with van der Waals surface area (Å²) in [7, 11) is 0. The molecule has 0 fully saturated rings. The number of nitrogens with zero attached hydrogens (tertiary/aromatic N) is 3. The summed E-state index contributed by atoms with van der Waals surface area (Å²) in [6, 6.07) is 11.7. The second-order valence-corrected chi connectivity index (χ2v) is 4.70. The van der Waals surface area contributed by atoms with Gasteiger partial charge in [-0.2, -0.15) is 5.10 Å². The third kappa shape index (κ3) is 2.68. The van der Waals surface area contributed by atoms with Gasteiger partial charge in [-0.3, -0.25) is 0 Å². The van der Waals surface area contributed by atoms with Gasteiger partial charge in [0.1, 0.15) is 18.4 Å². The normalized spacial score (nSPS) is 10.6. The SMILES string of the molecule is Brc1ccc(CNc2ccccc2-n2cncn2)o1. The van der Waals surface area contributed by atoms with Gasteiger partial charge in [-0.25, -0.2) is 9.67 Å². The number of hydrogen-bond acceptors (Lipinski definition) is 4. The molecule has 0 radical (unpaired) electrons. The maximum atomic E-state index is 5.46. The summed E-state index contributed by atoms with van der Waals surface area (Å²) in [5.74, 6) is 0.861. The molecule has 0 atom stereocenters. The summed E-state index contributed by atoms with van der Waals surface area (Å²) in [5, 5.41) is 7.47. The van der Waals surface area contributed by atoms with Gasteiger partial charge in [0, 0.05) is 0 Å². The van der Waals surface area contributed by atoms with Crippen LogP contribution in [0.1, 0.15) is 5.76 Å². The van der Waals surface area contributed by atoms with E-state index in [1.165, 1.54) is 6.33 Å². The summed E-state index contributed by atoms with van der Waals surface area (Å²) in [5.41, 5.74) is 1.92. The molecule has 0 saturated carbocycles. The Morgan fingerprint density at radius 3 is 2.84 bits per heavy atom. The first-order valence-electron chi connectivity index (χ1n) is 5.75. The first-order valence-corrected chi connectivity index (χ1v) is 6.54. The molecule has 5 nitrogen and oxygen atoms in total. The van der Waals surface area contributed by atoms with Gasteiger partial charge in [0.2, 0.25) is 0 Å². The largest absolute Gasteiger partial charge is 0.452 e. The van der Waals surface area contributed by atoms with E-state index in [-0.39, 0.29) is 0 Å². The van der Waals surface area contributed by atoms with Gasteiger partial charge in [0.05, 0.1) is 17.9 Å². The van der Waals surface area contributed by atoms with E-state index in [2.05, 4.69) is 31.3 Å². The van der Waals surface area contributed by atoms with E-state index in [0.29, 0.717) is 6.54 Å². The molecule has 1 aromatic carbocycles. The maximum absolute atomic E-state index is 5.46. The topological polar surface area (TPSA) is 55.9 Å². The highest BCUT2D eigenvalue weighted by Gasteiger charge is 2.05. The molecule has 0 aliphatic carbocycles. The number of halogens is 1. The lowest BCUT2D eigenvalue weighted by molar-refractivity contribution is 0.495. The first kappa shape index (κ1) is 12.0. The fourth-order valence-corrected chi connectivity index (χ4v) is 2.12. The van der Waals surface area contributed by atoms with Gasteiger partial charge < -0.3 is 9.73 Å². The van der Waals surface area contributed by atoms with Crippen molar-refractivity contribution in [3.63, 3.8) is 0 Å². The third-order valence-electron chi connectivity index (χ3n) is 2.65. The number of anilines is 1. The van der Waals surface area contributed by atoms with Gasteiger partial charge in [0.25, 0.3) is 0 Å². The van der Waals surface area contributed by atoms with Crippen LogP contribution < -0.4 is 5.32 Å². The molecule has 2 aromatic heterocycles. The summed E-state index contributed by atoms with van der Waals surface area (Å²) in [6.45, 7) is 0.608. The van der Waals surface area contributed by atoms with Gasteiger partial charge in [-0.1, -0.05) is 12.1 Å². The van der Waals surface area contributed by atoms with Crippen molar-refractivity contribution in [1.29, 1.82) is 0 Å². The molecule has 96 valence electrons. The quantitative estimate of drug-likeness (QED) is 0.802. The highest BCUT2D eigenvalue weighted by atomic mass is 79.9. The monoisotopic (exact) mass is 318 g/mol. The molecule has 0 unspecified atom stereocenters. The number of benzene rings is 1. The molecule has 2 heterocycles. The van der Waals surface area contributed by atoms with E-state index >= 15 is 0 Å². The van der Waals surface area contributed by atoms with Crippen molar-refractivity contribution in [3.05, 3.63) is 59.5 Å². The molecule has 0 bridgehead atoms. The van der Waals surface area contributed by atoms with E-state index in [0.717, 1.165) is 21.8 Å². The Kier molecular flexibility index (Phi) is 3.33. The van der Waals surface area contributed by atoms with Crippen LogP contribution in [0, 0.1) is 0 Å². The number of furan rings is 1. The third-order valence-corrected chi connectivity index (χ3v) is 3.08. The number of hydrogen-bond donors (Lipinski definition) is 1. The van der Waals surface area contributed by atoms with Gasteiger partial charge >= 0.3 is 0 Å². The van der Waals surface area contributed by atoms with Crippen LogP contribution >= 0.6 is 15.9 Å². The number of rotatable bonds is 4. The predicted molar refractivity (Wildman–Crippen MR) is 75.1 cm³/mol. The second kappa shape index (κ2) is 5.27. The lowest BCUT2D eigenvalue weighted by Crippen LogP contribution is -2.04. The predicted octanol–water partition coefficient (Wildman–Crippen LogP) is 3.23. The van der Waals surface area contributed by atoms with Crippen LogP contribution in [-0.2, 0) is 6.54 Å². The summed E-state index contributed by atoms with van der Waals surface area (Å²) < 4.78 is 7.91. The number of para-hydroxylation sites is 2. The van der Waals surface area contributed by atoms with Crippen LogP contribution in [0.15, 0.2) is 58.1 Å². The van der Waals surface area contributed by atoms with E-state index in [9.17, 15) is 0 Å². The van der Waals surface area contributed by atoms with Crippen LogP contribution in [0.3, 0.4) is 0 Å². The minimum Gasteiger partial charge on any atom is -0.452 e. The zero-order chi connectivity index (χ0) is 13.1. The van der Waals surface area contributed by atoms with Crippen molar-refractivity contribution in [2.75, 3.05) is 5.32 Å². The standard InChI is InChI=1S/C13H11BrN4O/c14-13-6-5-10(19-13)7-16-11-3-1-2-4-12(11)18-9-15-8-17-18/h1-6,8-9,16H,7H2. The number of nitrogens with one attached hydrogen (secondary N) is 1. The average molecular weight is 319 g/mol. The second-order valence-electron chi connectivity index (χ2n) is 3.92. The van der Waals surface area contributed by atoms with Crippen LogP contribution in [0.5, 0.6) is 0 Å². The van der Waals surface area contributed by atoms with E-state index < -0.39 is 0 Å². The molecule has 0 saturated heterocycles. The smallest absolute Gasteiger partial charge is 0.169 e. The molecule has 3 aromatic rings. The van der Waals surface area contributed by atoms with Crippen LogP contribution in [0.2, 0.25) is 0 Å². The first-order chi connectivity index (χ1) is 9.33. The Labute approximate surface area is 118 Å². The fourth-order valence-electron chi connectivity index (χ4n) is 1.78. The minimum absolute atomic E-state index is 0.608. The van der Waals surface area contributed by atoms with Gasteiger partial charge in [-0.05, 0) is 40.2 Å². The maximum Gasteiger partial charge on any atom is 0.169 e. The molecule has 19 heavy (non-hydrogen) atoms. The molecule has 3 rings (SSSR count). The summed E-state index contributed by atoms with van der Waals surface area (Å²) in [6.07, 6.45) is 3.18. The van der Waals surface area contributed by atoms with Crippen molar-refractivity contribution in [2.24, 2.45) is 0 Å². The zero-order valence-corrected chi connectivity index (χ0v) is 11.5. The molecular weight excluding hydrogens is 308 g/mol. The molecular formula is C13H11BrN4O. The van der Waals surface area contributed by atoms with Crippen LogP contribution in [0.25, 0.3) is 5.69 Å². The summed E-state index contributed by atoms with van der Waals surface area (Å²) >= 11 is 3.29. The number of aromatic nitrogens is 3. The Bertz CT molecular complexity index is 663. The fraction of sp³-hybridized carbons (Fsp3) is 0.0769. The Morgan fingerprint density at radius 1 is 1.21 bits per heavy atom. The van der Waals surface area contributed by atoms with Gasteiger partial charge in [-0.15, -0.1) is 0 Å². The molecule has 0 spiro atoms. The Morgan fingerprint density at radius 2 is 2.11 bits per heavy atom. The zero-order valence-electron chi connectivity index (χ0n) is 9.95. The molecule has 1 N–H and O–H groups in total. The van der Waals surface area contributed by atoms with Crippen molar-refractivity contribution < 1.29 is 4.42 Å². The Balaban J connectivity index is 1.81. The average Bonchev–Trinajstić information content (AvgIpc) is 3.08. The van der Waals surface area contributed by atoms with Crippen molar-refractivity contribution >= 4 is 21.6 Å². The highest BCUT2D eigenvalue weighted by Crippen LogP contribution is 2.20. The van der Waals surface area contributed by atoms with E-state index in [4.69, 9.17) is 4.42 Å². The lowest BCUT2D eigenvalue weighted by Gasteiger charge is -2.10. The van der Waals surface area contributed by atoms with Crippen LogP contribution in [-0.4, -0.2) is 14.8 Å². The van der Waals surface area contributed by atoms with E-state index in [1.54, 1.807) is 11.0 Å². The molecule has 0 amide bonds.